The Morgan fingerprint density at radius 2 is 2.00 bits per heavy atom. The highest BCUT2D eigenvalue weighted by Crippen LogP contribution is 2.37. The minimum Gasteiger partial charge on any atom is -0.493 e. The summed E-state index contributed by atoms with van der Waals surface area (Å²) in [6, 6.07) is 12.8. The van der Waals surface area contributed by atoms with Crippen LogP contribution in [0.4, 0.5) is 4.79 Å². The van der Waals surface area contributed by atoms with Gasteiger partial charge in [0.05, 0.1) is 34.3 Å². The molecule has 2 aromatic rings. The largest absolute Gasteiger partial charge is 0.493 e. The number of hydrogen-bond acceptors (Lipinski definition) is 8. The lowest BCUT2D eigenvalue weighted by Crippen LogP contribution is -2.34. The first kappa shape index (κ1) is 23.6. The molecule has 1 aliphatic rings. The van der Waals surface area contributed by atoms with Crippen molar-refractivity contribution in [1.29, 1.82) is 5.26 Å². The smallest absolute Gasteiger partial charge is 0.325 e. The van der Waals surface area contributed by atoms with Gasteiger partial charge < -0.3 is 14.2 Å². The predicted molar refractivity (Wildman–Crippen MR) is 126 cm³/mol. The minimum atomic E-state index is -0.677. The van der Waals surface area contributed by atoms with Crippen molar-refractivity contribution >= 4 is 57.5 Å². The number of esters is 1. The number of nitriles is 1. The fourth-order valence-electron chi connectivity index (χ4n) is 2.85. The Morgan fingerprint density at radius 1 is 1.25 bits per heavy atom. The maximum absolute atomic E-state index is 12.5. The van der Waals surface area contributed by atoms with Crippen molar-refractivity contribution in [2.45, 2.75) is 6.61 Å². The first-order valence-corrected chi connectivity index (χ1v) is 11.1. The van der Waals surface area contributed by atoms with Crippen LogP contribution in [0.25, 0.3) is 6.08 Å². The van der Waals surface area contributed by atoms with Gasteiger partial charge in [-0.2, -0.15) is 5.26 Å². The summed E-state index contributed by atoms with van der Waals surface area (Å²) in [7, 11) is 2.68. The molecular formula is C22H17IN2O6S. The van der Waals surface area contributed by atoms with Crippen molar-refractivity contribution in [2.24, 2.45) is 0 Å². The Kier molecular flexibility index (Phi) is 7.76. The Balaban J connectivity index is 1.83. The first-order valence-electron chi connectivity index (χ1n) is 9.18. The SMILES string of the molecule is COC(=O)CN1C(=O)S/C(=C\c2cc(I)c(OCc3ccccc3C#N)c(OC)c2)C1=O. The summed E-state index contributed by atoms with van der Waals surface area (Å²) in [4.78, 5) is 37.1. The molecular weight excluding hydrogens is 547 g/mol. The molecule has 164 valence electrons. The number of carbonyl (C=O) groups excluding carboxylic acids is 3. The van der Waals surface area contributed by atoms with Crippen LogP contribution in [0, 0.1) is 14.9 Å². The molecule has 0 N–H and O–H groups in total. The third-order valence-electron chi connectivity index (χ3n) is 4.45. The number of hydrogen-bond donors (Lipinski definition) is 0. The number of thioether (sulfide) groups is 1. The molecule has 0 spiro atoms. The quantitative estimate of drug-likeness (QED) is 0.283. The topological polar surface area (TPSA) is 106 Å². The van der Waals surface area contributed by atoms with E-state index in [1.807, 2.05) is 12.1 Å². The van der Waals surface area contributed by atoms with Gasteiger partial charge in [-0.25, -0.2) is 0 Å². The summed E-state index contributed by atoms with van der Waals surface area (Å²) >= 11 is 2.84. The van der Waals surface area contributed by atoms with E-state index in [1.165, 1.54) is 14.2 Å². The van der Waals surface area contributed by atoms with E-state index < -0.39 is 23.7 Å². The average molecular weight is 564 g/mol. The third kappa shape index (κ3) is 5.23. The van der Waals surface area contributed by atoms with E-state index in [-0.39, 0.29) is 11.5 Å². The molecule has 0 atom stereocenters. The average Bonchev–Trinajstić information content (AvgIpc) is 3.05. The first-order chi connectivity index (χ1) is 15.4. The highest BCUT2D eigenvalue weighted by Gasteiger charge is 2.36. The number of halogens is 1. The molecule has 0 aliphatic carbocycles. The van der Waals surface area contributed by atoms with Crippen LogP contribution in [0.15, 0.2) is 41.3 Å². The van der Waals surface area contributed by atoms with Crippen molar-refractivity contribution in [3.05, 3.63) is 61.6 Å². The number of nitrogens with zero attached hydrogens (tertiary/aromatic N) is 2. The Hall–Kier alpha value is -3.04. The van der Waals surface area contributed by atoms with E-state index in [4.69, 9.17) is 9.47 Å². The van der Waals surface area contributed by atoms with Gasteiger partial charge >= 0.3 is 5.97 Å². The maximum Gasteiger partial charge on any atom is 0.325 e. The van der Waals surface area contributed by atoms with Crippen LogP contribution < -0.4 is 9.47 Å². The molecule has 8 nitrogen and oxygen atoms in total. The highest BCUT2D eigenvalue weighted by atomic mass is 127. The zero-order valence-corrected chi connectivity index (χ0v) is 20.1. The molecule has 0 radical (unpaired) electrons. The molecule has 2 aromatic carbocycles. The molecule has 1 fully saturated rings. The third-order valence-corrected chi connectivity index (χ3v) is 6.16. The lowest BCUT2D eigenvalue weighted by atomic mass is 10.1. The second-order valence-corrected chi connectivity index (χ2v) is 8.59. The summed E-state index contributed by atoms with van der Waals surface area (Å²) in [6.07, 6.45) is 1.56. The second-order valence-electron chi connectivity index (χ2n) is 6.44. The van der Waals surface area contributed by atoms with E-state index in [2.05, 4.69) is 33.4 Å². The van der Waals surface area contributed by atoms with Crippen molar-refractivity contribution in [1.82, 2.24) is 4.90 Å². The van der Waals surface area contributed by atoms with Gasteiger partial charge in [-0.3, -0.25) is 19.3 Å². The summed E-state index contributed by atoms with van der Waals surface area (Å²) in [6.45, 7) is -0.252. The number of methoxy groups -OCH3 is 2. The van der Waals surface area contributed by atoms with E-state index in [1.54, 1.807) is 30.3 Å². The Morgan fingerprint density at radius 3 is 2.69 bits per heavy atom. The van der Waals surface area contributed by atoms with Gasteiger partial charge in [-0.05, 0) is 64.2 Å². The van der Waals surface area contributed by atoms with Crippen LogP contribution in [-0.2, 0) is 20.9 Å². The Labute approximate surface area is 202 Å². The van der Waals surface area contributed by atoms with Gasteiger partial charge in [0.2, 0.25) is 0 Å². The lowest BCUT2D eigenvalue weighted by Gasteiger charge is -2.14. The van der Waals surface area contributed by atoms with Crippen LogP contribution in [0.1, 0.15) is 16.7 Å². The molecule has 0 unspecified atom stereocenters. The highest BCUT2D eigenvalue weighted by molar-refractivity contribution is 14.1. The molecule has 10 heteroatoms. The van der Waals surface area contributed by atoms with Crippen molar-refractivity contribution in [3.8, 4) is 17.6 Å². The molecule has 3 rings (SSSR count). The van der Waals surface area contributed by atoms with Gasteiger partial charge in [0.15, 0.2) is 11.5 Å². The molecule has 0 bridgehead atoms. The summed E-state index contributed by atoms with van der Waals surface area (Å²) in [5.41, 5.74) is 1.90. The normalized spacial score (nSPS) is 14.4. The number of carbonyl (C=O) groups is 3. The van der Waals surface area contributed by atoms with Gasteiger partial charge in [-0.15, -0.1) is 0 Å². The summed E-state index contributed by atoms with van der Waals surface area (Å²) < 4.78 is 16.6. The number of imide groups is 1. The molecule has 0 aromatic heterocycles. The Bertz CT molecular complexity index is 1160. The van der Waals surface area contributed by atoms with Crippen LogP contribution in [0.2, 0.25) is 0 Å². The monoisotopic (exact) mass is 564 g/mol. The van der Waals surface area contributed by atoms with Gasteiger partial charge in [0.25, 0.3) is 11.1 Å². The van der Waals surface area contributed by atoms with E-state index >= 15 is 0 Å². The standard InChI is InChI=1S/C22H17IN2O6S/c1-29-17-8-13(9-18-21(27)25(22(28)32-18)11-19(26)30-2)7-16(23)20(17)31-12-15-6-4-3-5-14(15)10-24/h3-9H,11-12H2,1-2H3/b18-9-. The minimum absolute atomic E-state index is 0.182. The number of amides is 2. The fourth-order valence-corrected chi connectivity index (χ4v) is 4.47. The van der Waals surface area contributed by atoms with Crippen molar-refractivity contribution in [3.63, 3.8) is 0 Å². The van der Waals surface area contributed by atoms with Gasteiger partial charge in [0, 0.05) is 5.56 Å². The summed E-state index contributed by atoms with van der Waals surface area (Å²) in [5.74, 6) is -0.305. The van der Waals surface area contributed by atoms with Crippen LogP contribution >= 0.6 is 34.4 Å². The molecule has 0 saturated carbocycles. The van der Waals surface area contributed by atoms with E-state index in [0.717, 1.165) is 25.8 Å². The molecule has 1 heterocycles. The zero-order chi connectivity index (χ0) is 23.3. The lowest BCUT2D eigenvalue weighted by molar-refractivity contribution is -0.143. The van der Waals surface area contributed by atoms with Crippen LogP contribution in [-0.4, -0.2) is 42.8 Å². The molecule has 1 aliphatic heterocycles. The summed E-state index contributed by atoms with van der Waals surface area (Å²) in [5, 5.41) is 8.71. The van der Waals surface area contributed by atoms with Gasteiger partial charge in [0.1, 0.15) is 13.2 Å². The molecule has 2 amide bonds. The molecule has 32 heavy (non-hydrogen) atoms. The van der Waals surface area contributed by atoms with Crippen LogP contribution in [0.3, 0.4) is 0 Å². The molecule has 1 saturated heterocycles. The number of rotatable bonds is 7. The zero-order valence-electron chi connectivity index (χ0n) is 17.1. The van der Waals surface area contributed by atoms with Crippen molar-refractivity contribution in [2.75, 3.05) is 20.8 Å². The van der Waals surface area contributed by atoms with E-state index in [0.29, 0.717) is 22.6 Å². The maximum atomic E-state index is 12.5. The second kappa shape index (κ2) is 10.5. The van der Waals surface area contributed by atoms with Gasteiger partial charge in [-0.1, -0.05) is 18.2 Å². The number of benzene rings is 2. The number of ether oxygens (including phenoxy) is 3. The van der Waals surface area contributed by atoms with Crippen molar-refractivity contribution < 1.29 is 28.6 Å². The fraction of sp³-hybridized carbons (Fsp3) is 0.182. The van der Waals surface area contributed by atoms with Crippen LogP contribution in [0.5, 0.6) is 11.5 Å². The van der Waals surface area contributed by atoms with E-state index in [9.17, 15) is 19.6 Å². The predicted octanol–water partition coefficient (Wildman–Crippen LogP) is 3.96.